The third-order valence-electron chi connectivity index (χ3n) is 3.17. The van der Waals surface area contributed by atoms with Crippen molar-refractivity contribution in [3.05, 3.63) is 71.3 Å². The molecule has 0 amide bonds. The highest BCUT2D eigenvalue weighted by molar-refractivity contribution is 8.13. The zero-order valence-corrected chi connectivity index (χ0v) is 13.7. The van der Waals surface area contributed by atoms with E-state index in [0.717, 1.165) is 29.5 Å². The lowest BCUT2D eigenvalue weighted by Gasteiger charge is -2.08. The quantitative estimate of drug-likeness (QED) is 0.693. The van der Waals surface area contributed by atoms with Gasteiger partial charge in [0.2, 0.25) is 5.12 Å². The van der Waals surface area contributed by atoms with Gasteiger partial charge in [0.05, 0.1) is 12.7 Å². The molecule has 2 aromatic rings. The van der Waals surface area contributed by atoms with Crippen LogP contribution < -0.4 is 4.74 Å². The first-order valence-corrected chi connectivity index (χ1v) is 8.02. The fraction of sp³-hybridized carbons (Fsp3) is 0.167. The Morgan fingerprint density at radius 1 is 1.17 bits per heavy atom. The molecular weight excluding hydrogens is 337 g/mol. The largest absolute Gasteiger partial charge is 0.496 e. The molecule has 0 aliphatic carbocycles. The molecule has 24 heavy (non-hydrogen) atoms. The minimum absolute atomic E-state index is 0.180. The number of methoxy groups -OCH3 is 1. The van der Waals surface area contributed by atoms with Crippen LogP contribution in [0.25, 0.3) is 6.08 Å². The van der Waals surface area contributed by atoms with Crippen LogP contribution in [0.15, 0.2) is 54.6 Å². The van der Waals surface area contributed by atoms with Crippen LogP contribution in [0.3, 0.4) is 0 Å². The second-order valence-corrected chi connectivity index (χ2v) is 5.86. The molecule has 2 rings (SSSR count). The lowest BCUT2D eigenvalue weighted by molar-refractivity contribution is -0.137. The van der Waals surface area contributed by atoms with Crippen molar-refractivity contribution >= 4 is 23.0 Å². The summed E-state index contributed by atoms with van der Waals surface area (Å²) in [4.78, 5) is 11.9. The van der Waals surface area contributed by atoms with Crippen LogP contribution in [0.1, 0.15) is 16.7 Å². The fourth-order valence-corrected chi connectivity index (χ4v) is 2.65. The van der Waals surface area contributed by atoms with Gasteiger partial charge in [0, 0.05) is 11.3 Å². The Labute approximate surface area is 142 Å². The van der Waals surface area contributed by atoms with Crippen molar-refractivity contribution in [1.29, 1.82) is 0 Å². The maximum Gasteiger partial charge on any atom is 0.416 e. The Hall–Kier alpha value is -2.21. The molecule has 2 nitrogen and oxygen atoms in total. The van der Waals surface area contributed by atoms with E-state index in [-0.39, 0.29) is 10.9 Å². The smallest absolute Gasteiger partial charge is 0.416 e. The molecule has 0 saturated carbocycles. The monoisotopic (exact) mass is 352 g/mol. The van der Waals surface area contributed by atoms with Crippen molar-refractivity contribution in [2.24, 2.45) is 0 Å². The van der Waals surface area contributed by atoms with E-state index in [1.54, 1.807) is 24.3 Å². The summed E-state index contributed by atoms with van der Waals surface area (Å²) in [5, 5.41) is -0.238. The van der Waals surface area contributed by atoms with E-state index in [1.165, 1.54) is 19.3 Å². The number of ether oxygens (including phenoxy) is 1. The number of rotatable bonds is 5. The van der Waals surface area contributed by atoms with Crippen molar-refractivity contribution in [3.63, 3.8) is 0 Å². The van der Waals surface area contributed by atoms with E-state index in [4.69, 9.17) is 4.74 Å². The van der Waals surface area contributed by atoms with Gasteiger partial charge in [-0.1, -0.05) is 48.2 Å². The van der Waals surface area contributed by atoms with Crippen LogP contribution >= 0.6 is 11.8 Å². The van der Waals surface area contributed by atoms with E-state index in [0.29, 0.717) is 11.3 Å². The molecule has 0 unspecified atom stereocenters. The number of carbonyl (C=O) groups is 1. The lowest BCUT2D eigenvalue weighted by atomic mass is 10.1. The van der Waals surface area contributed by atoms with Gasteiger partial charge < -0.3 is 4.74 Å². The topological polar surface area (TPSA) is 26.3 Å². The van der Waals surface area contributed by atoms with Gasteiger partial charge in [0.1, 0.15) is 5.75 Å². The summed E-state index contributed by atoms with van der Waals surface area (Å²) >= 11 is 0.948. The van der Waals surface area contributed by atoms with Gasteiger partial charge in [-0.25, -0.2) is 0 Å². The van der Waals surface area contributed by atoms with Crippen LogP contribution in [0, 0.1) is 0 Å². The fourth-order valence-electron chi connectivity index (χ4n) is 2.00. The first-order chi connectivity index (χ1) is 11.4. The van der Waals surface area contributed by atoms with Crippen molar-refractivity contribution in [1.82, 2.24) is 0 Å². The van der Waals surface area contributed by atoms with Gasteiger partial charge in [0.25, 0.3) is 0 Å². The summed E-state index contributed by atoms with van der Waals surface area (Å²) in [6.45, 7) is 0. The summed E-state index contributed by atoms with van der Waals surface area (Å²) < 4.78 is 43.1. The maximum absolute atomic E-state index is 12.6. The SMILES string of the molecule is COc1ccccc1/C=C/C(=O)SCc1cccc(C(F)(F)F)c1. The van der Waals surface area contributed by atoms with Crippen molar-refractivity contribution in [3.8, 4) is 5.75 Å². The predicted molar refractivity (Wildman–Crippen MR) is 89.8 cm³/mol. The van der Waals surface area contributed by atoms with E-state index in [9.17, 15) is 18.0 Å². The molecular formula is C18H15F3O2S. The van der Waals surface area contributed by atoms with E-state index < -0.39 is 11.7 Å². The summed E-state index contributed by atoms with van der Waals surface area (Å²) in [7, 11) is 1.54. The molecule has 0 aliphatic heterocycles. The Morgan fingerprint density at radius 2 is 1.92 bits per heavy atom. The van der Waals surface area contributed by atoms with E-state index in [2.05, 4.69) is 0 Å². The van der Waals surface area contributed by atoms with Crippen LogP contribution in [0.5, 0.6) is 5.75 Å². The normalized spacial score (nSPS) is 11.7. The molecule has 0 saturated heterocycles. The predicted octanol–water partition coefficient (Wildman–Crippen LogP) is 5.19. The second-order valence-electron chi connectivity index (χ2n) is 4.88. The standard InChI is InChI=1S/C18H15F3O2S/c1-23-16-8-3-2-6-14(16)9-10-17(22)24-12-13-5-4-7-15(11-13)18(19,20)21/h2-11H,12H2,1H3/b10-9+. The van der Waals surface area contributed by atoms with Crippen LogP contribution in [0.2, 0.25) is 0 Å². The van der Waals surface area contributed by atoms with E-state index in [1.807, 2.05) is 12.1 Å². The molecule has 0 aromatic heterocycles. The third kappa shape index (κ3) is 5.16. The average molecular weight is 352 g/mol. The highest BCUT2D eigenvalue weighted by atomic mass is 32.2. The molecule has 126 valence electrons. The number of hydrogen-bond acceptors (Lipinski definition) is 3. The van der Waals surface area contributed by atoms with Crippen molar-refractivity contribution in [2.45, 2.75) is 11.9 Å². The number of para-hydroxylation sites is 1. The van der Waals surface area contributed by atoms with Crippen LogP contribution in [0.4, 0.5) is 13.2 Å². The van der Waals surface area contributed by atoms with Crippen LogP contribution in [-0.2, 0) is 16.7 Å². The van der Waals surface area contributed by atoms with Crippen molar-refractivity contribution < 1.29 is 22.7 Å². The molecule has 0 radical (unpaired) electrons. The van der Waals surface area contributed by atoms with Gasteiger partial charge in [-0.2, -0.15) is 13.2 Å². The average Bonchev–Trinajstić information content (AvgIpc) is 2.58. The number of carbonyl (C=O) groups excluding carboxylic acids is 1. The highest BCUT2D eigenvalue weighted by Crippen LogP contribution is 2.30. The second kappa shape index (κ2) is 8.06. The van der Waals surface area contributed by atoms with Gasteiger partial charge in [-0.3, -0.25) is 4.79 Å². The molecule has 0 atom stereocenters. The van der Waals surface area contributed by atoms with Gasteiger partial charge >= 0.3 is 6.18 Å². The minimum Gasteiger partial charge on any atom is -0.496 e. The first-order valence-electron chi connectivity index (χ1n) is 7.04. The molecule has 0 bridgehead atoms. The first kappa shape index (κ1) is 18.1. The molecule has 0 fully saturated rings. The molecule has 0 heterocycles. The summed E-state index contributed by atoms with van der Waals surface area (Å²) in [6, 6.07) is 12.2. The molecule has 2 aromatic carbocycles. The molecule has 0 N–H and O–H groups in total. The van der Waals surface area contributed by atoms with E-state index >= 15 is 0 Å². The Balaban J connectivity index is 1.97. The number of halogens is 3. The van der Waals surface area contributed by atoms with Gasteiger partial charge in [0.15, 0.2) is 0 Å². The lowest BCUT2D eigenvalue weighted by Crippen LogP contribution is -2.05. The highest BCUT2D eigenvalue weighted by Gasteiger charge is 2.30. The molecule has 6 heteroatoms. The summed E-state index contributed by atoms with van der Waals surface area (Å²) in [5.74, 6) is 0.823. The van der Waals surface area contributed by atoms with Crippen molar-refractivity contribution in [2.75, 3.05) is 7.11 Å². The number of alkyl halides is 3. The Kier molecular flexibility index (Phi) is 6.09. The minimum atomic E-state index is -4.38. The summed E-state index contributed by atoms with van der Waals surface area (Å²) in [5.41, 5.74) is 0.500. The zero-order valence-electron chi connectivity index (χ0n) is 12.8. The van der Waals surface area contributed by atoms with Crippen LogP contribution in [-0.4, -0.2) is 12.2 Å². The summed E-state index contributed by atoms with van der Waals surface area (Å²) in [6.07, 6.45) is -1.37. The zero-order chi connectivity index (χ0) is 17.6. The number of benzene rings is 2. The Morgan fingerprint density at radius 3 is 2.62 bits per heavy atom. The van der Waals surface area contributed by atoms with Gasteiger partial charge in [-0.15, -0.1) is 0 Å². The Bertz CT molecular complexity index is 739. The molecule has 0 spiro atoms. The molecule has 0 aliphatic rings. The van der Waals surface area contributed by atoms with Gasteiger partial charge in [-0.05, 0) is 29.8 Å². The third-order valence-corrected chi connectivity index (χ3v) is 4.07. The number of hydrogen-bond donors (Lipinski definition) is 0. The number of thioether (sulfide) groups is 1. The maximum atomic E-state index is 12.6.